The first-order chi connectivity index (χ1) is 12.1. The van der Waals surface area contributed by atoms with Crippen LogP contribution in [0.25, 0.3) is 16.5 Å². The molecule has 3 aromatic rings. The van der Waals surface area contributed by atoms with E-state index in [1.807, 2.05) is 24.3 Å². The molecule has 0 aliphatic carbocycles. The summed E-state index contributed by atoms with van der Waals surface area (Å²) in [7, 11) is -3.77. The van der Waals surface area contributed by atoms with Gasteiger partial charge in [-0.25, -0.2) is 12.4 Å². The Kier molecular flexibility index (Phi) is 4.15. The summed E-state index contributed by atoms with van der Waals surface area (Å²) >= 11 is 6.15. The highest BCUT2D eigenvalue weighted by atomic mass is 35.5. The topological polar surface area (TPSA) is 51.1 Å². The third-order valence-electron chi connectivity index (χ3n) is 4.46. The van der Waals surface area contributed by atoms with E-state index in [1.165, 1.54) is 15.6 Å². The van der Waals surface area contributed by atoms with Crippen molar-refractivity contribution >= 4 is 38.1 Å². The molecule has 0 fully saturated rings. The Morgan fingerprint density at radius 1 is 1.04 bits per heavy atom. The van der Waals surface area contributed by atoms with Gasteiger partial charge in [0.25, 0.3) is 10.0 Å². The van der Waals surface area contributed by atoms with Crippen molar-refractivity contribution in [2.45, 2.75) is 11.3 Å². The van der Waals surface area contributed by atoms with E-state index in [2.05, 4.69) is 11.4 Å². The number of fused-ring (bicyclic) bond motifs is 1. The van der Waals surface area contributed by atoms with Crippen LogP contribution in [0.3, 0.4) is 0 Å². The lowest BCUT2D eigenvalue weighted by Crippen LogP contribution is -2.20. The maximum Gasteiger partial charge on any atom is 0.269 e. The molecular formula is C19H17ClN2O2S. The van der Waals surface area contributed by atoms with Crippen molar-refractivity contribution in [2.75, 3.05) is 13.1 Å². The summed E-state index contributed by atoms with van der Waals surface area (Å²) in [5.74, 6) is 0. The van der Waals surface area contributed by atoms with Crippen LogP contribution in [0.1, 0.15) is 12.0 Å². The zero-order chi connectivity index (χ0) is 17.4. The molecular weight excluding hydrogens is 356 g/mol. The molecule has 1 aliphatic heterocycles. The van der Waals surface area contributed by atoms with Crippen molar-refractivity contribution in [3.8, 4) is 0 Å². The van der Waals surface area contributed by atoms with Gasteiger partial charge in [0.05, 0.1) is 10.5 Å². The molecule has 0 saturated carbocycles. The van der Waals surface area contributed by atoms with Gasteiger partial charge in [0, 0.05) is 23.7 Å². The number of benzene rings is 2. The van der Waals surface area contributed by atoms with E-state index in [4.69, 9.17) is 11.6 Å². The Labute approximate surface area is 151 Å². The fourth-order valence-corrected chi connectivity index (χ4v) is 5.10. The number of nitrogens with one attached hydrogen (secondary N) is 1. The van der Waals surface area contributed by atoms with Gasteiger partial charge in [0.15, 0.2) is 0 Å². The van der Waals surface area contributed by atoms with E-state index in [0.717, 1.165) is 30.5 Å². The molecule has 4 rings (SSSR count). The summed E-state index contributed by atoms with van der Waals surface area (Å²) in [5.41, 5.74) is 2.80. The maximum atomic E-state index is 13.2. The molecule has 1 aromatic heterocycles. The zero-order valence-electron chi connectivity index (χ0n) is 13.4. The molecule has 0 bridgehead atoms. The maximum absolute atomic E-state index is 13.2. The van der Waals surface area contributed by atoms with Gasteiger partial charge in [0.2, 0.25) is 0 Å². The molecule has 2 aromatic carbocycles. The van der Waals surface area contributed by atoms with Crippen LogP contribution in [0, 0.1) is 0 Å². The van der Waals surface area contributed by atoms with Gasteiger partial charge in [-0.05, 0) is 36.7 Å². The van der Waals surface area contributed by atoms with Crippen LogP contribution in [0.5, 0.6) is 0 Å². The minimum absolute atomic E-state index is 0.114. The lowest BCUT2D eigenvalue weighted by atomic mass is 10.00. The SMILES string of the molecule is O=S(=O)(c1ccccc1Cl)n1cc(C2=CCNCC2)c2ccccc21. The normalized spacial score (nSPS) is 15.3. The first kappa shape index (κ1) is 16.4. The van der Waals surface area contributed by atoms with Crippen LogP contribution in [0.2, 0.25) is 5.02 Å². The minimum atomic E-state index is -3.77. The largest absolute Gasteiger partial charge is 0.313 e. The molecule has 0 spiro atoms. The third kappa shape index (κ3) is 2.78. The monoisotopic (exact) mass is 372 g/mol. The molecule has 128 valence electrons. The number of hydrogen-bond acceptors (Lipinski definition) is 3. The number of aromatic nitrogens is 1. The van der Waals surface area contributed by atoms with Gasteiger partial charge in [-0.2, -0.15) is 0 Å². The fourth-order valence-electron chi connectivity index (χ4n) is 3.23. The summed E-state index contributed by atoms with van der Waals surface area (Å²) in [6.07, 6.45) is 4.72. The zero-order valence-corrected chi connectivity index (χ0v) is 15.0. The van der Waals surface area contributed by atoms with Gasteiger partial charge < -0.3 is 5.32 Å². The highest BCUT2D eigenvalue weighted by molar-refractivity contribution is 7.90. The van der Waals surface area contributed by atoms with E-state index in [9.17, 15) is 8.42 Å². The van der Waals surface area contributed by atoms with Gasteiger partial charge in [-0.1, -0.05) is 48.0 Å². The second-order valence-corrected chi connectivity index (χ2v) is 8.17. The molecule has 0 amide bonds. The van der Waals surface area contributed by atoms with Crippen molar-refractivity contribution in [1.29, 1.82) is 0 Å². The number of rotatable bonds is 3. The molecule has 1 N–H and O–H groups in total. The van der Waals surface area contributed by atoms with Gasteiger partial charge in [-0.3, -0.25) is 0 Å². The summed E-state index contributed by atoms with van der Waals surface area (Å²) in [5, 5.41) is 4.45. The lowest BCUT2D eigenvalue weighted by Gasteiger charge is -2.13. The van der Waals surface area contributed by atoms with Crippen LogP contribution >= 0.6 is 11.6 Å². The van der Waals surface area contributed by atoms with Gasteiger partial charge in [-0.15, -0.1) is 0 Å². The average molecular weight is 373 g/mol. The predicted molar refractivity (Wildman–Crippen MR) is 101 cm³/mol. The number of nitrogens with zero attached hydrogens (tertiary/aromatic N) is 1. The van der Waals surface area contributed by atoms with Crippen molar-refractivity contribution < 1.29 is 8.42 Å². The van der Waals surface area contributed by atoms with Crippen LogP contribution in [0.4, 0.5) is 0 Å². The summed E-state index contributed by atoms with van der Waals surface area (Å²) in [6, 6.07) is 14.1. The Hall–Kier alpha value is -2.08. The Morgan fingerprint density at radius 2 is 1.80 bits per heavy atom. The van der Waals surface area contributed by atoms with Crippen molar-refractivity contribution in [3.05, 3.63) is 71.4 Å². The summed E-state index contributed by atoms with van der Waals surface area (Å²) in [4.78, 5) is 0.114. The van der Waals surface area contributed by atoms with E-state index >= 15 is 0 Å². The second kappa shape index (κ2) is 6.33. The number of hydrogen-bond donors (Lipinski definition) is 1. The standard InChI is InChI=1S/C19H17ClN2O2S/c20-17-6-2-4-8-19(17)25(23,24)22-13-16(14-9-11-21-12-10-14)15-5-1-3-7-18(15)22/h1-9,13,21H,10-12H2. The second-order valence-electron chi connectivity index (χ2n) is 5.97. The molecule has 4 nitrogen and oxygen atoms in total. The van der Waals surface area contributed by atoms with Crippen LogP contribution in [0.15, 0.2) is 65.7 Å². The Bertz CT molecular complexity index is 1080. The lowest BCUT2D eigenvalue weighted by molar-refractivity contribution is 0.589. The Balaban J connectivity index is 1.97. The molecule has 6 heteroatoms. The van der Waals surface area contributed by atoms with Crippen molar-refractivity contribution in [2.24, 2.45) is 0 Å². The number of halogens is 1. The van der Waals surface area contributed by atoms with Gasteiger partial charge in [0.1, 0.15) is 4.90 Å². The van der Waals surface area contributed by atoms with E-state index < -0.39 is 10.0 Å². The predicted octanol–water partition coefficient (Wildman–Crippen LogP) is 3.91. The minimum Gasteiger partial charge on any atom is -0.313 e. The van der Waals surface area contributed by atoms with Crippen LogP contribution < -0.4 is 5.32 Å². The molecule has 0 unspecified atom stereocenters. The van der Waals surface area contributed by atoms with Crippen LogP contribution in [-0.2, 0) is 10.0 Å². The molecule has 0 radical (unpaired) electrons. The van der Waals surface area contributed by atoms with Gasteiger partial charge >= 0.3 is 0 Å². The Morgan fingerprint density at radius 3 is 2.56 bits per heavy atom. The van der Waals surface area contributed by atoms with E-state index in [0.29, 0.717) is 5.52 Å². The quantitative estimate of drug-likeness (QED) is 0.758. The van der Waals surface area contributed by atoms with Crippen LogP contribution in [-0.4, -0.2) is 25.5 Å². The third-order valence-corrected chi connectivity index (χ3v) is 6.63. The fraction of sp³-hybridized carbons (Fsp3) is 0.158. The highest BCUT2D eigenvalue weighted by Gasteiger charge is 2.24. The molecule has 1 aliphatic rings. The molecule has 0 saturated heterocycles. The summed E-state index contributed by atoms with van der Waals surface area (Å²) in [6.45, 7) is 1.69. The first-order valence-corrected chi connectivity index (χ1v) is 9.91. The highest BCUT2D eigenvalue weighted by Crippen LogP contribution is 2.33. The first-order valence-electron chi connectivity index (χ1n) is 8.09. The van der Waals surface area contributed by atoms with E-state index in [-0.39, 0.29) is 9.92 Å². The average Bonchev–Trinajstić information content (AvgIpc) is 3.03. The molecule has 0 atom stereocenters. The van der Waals surface area contributed by atoms with Crippen molar-refractivity contribution in [3.63, 3.8) is 0 Å². The number of para-hydroxylation sites is 1. The van der Waals surface area contributed by atoms with E-state index in [1.54, 1.807) is 24.4 Å². The smallest absolute Gasteiger partial charge is 0.269 e. The molecule has 25 heavy (non-hydrogen) atoms. The molecule has 2 heterocycles. The summed E-state index contributed by atoms with van der Waals surface area (Å²) < 4.78 is 27.8. The van der Waals surface area contributed by atoms with Crippen molar-refractivity contribution in [1.82, 2.24) is 9.29 Å².